The van der Waals surface area contributed by atoms with E-state index in [4.69, 9.17) is 14.2 Å². The van der Waals surface area contributed by atoms with Crippen LogP contribution in [0.5, 0.6) is 0 Å². The molecule has 0 radical (unpaired) electrons. The minimum absolute atomic E-state index is 0.0158. The Morgan fingerprint density at radius 2 is 1.95 bits per heavy atom. The molecule has 0 amide bonds. The average Bonchev–Trinajstić information content (AvgIpc) is 2.72. The summed E-state index contributed by atoms with van der Waals surface area (Å²) < 4.78 is 16.9. The molecule has 3 atom stereocenters. The number of cyclic esters (lactones) is 1. The molecule has 1 saturated heterocycles. The standard InChI is InChI=1S/C15H28O4/c1-4-6-8-17-11-14(18-9-7-5-2)13-10-12(3)15(16)19-13/h12-14H,4-11H2,1-3H3. The van der Waals surface area contributed by atoms with Crippen molar-refractivity contribution in [1.29, 1.82) is 0 Å². The Hall–Kier alpha value is -0.610. The zero-order chi connectivity index (χ0) is 14.1. The van der Waals surface area contributed by atoms with E-state index in [0.29, 0.717) is 13.2 Å². The first-order chi connectivity index (χ1) is 9.19. The Bertz CT molecular complexity index is 255. The Morgan fingerprint density at radius 3 is 2.53 bits per heavy atom. The summed E-state index contributed by atoms with van der Waals surface area (Å²) in [6.45, 7) is 8.16. The summed E-state index contributed by atoms with van der Waals surface area (Å²) >= 11 is 0. The van der Waals surface area contributed by atoms with Crippen LogP contribution >= 0.6 is 0 Å². The van der Waals surface area contributed by atoms with Gasteiger partial charge in [0.15, 0.2) is 0 Å². The highest BCUT2D eigenvalue weighted by Crippen LogP contribution is 2.24. The summed E-state index contributed by atoms with van der Waals surface area (Å²) in [7, 11) is 0. The van der Waals surface area contributed by atoms with Gasteiger partial charge in [-0.3, -0.25) is 4.79 Å². The summed E-state index contributed by atoms with van der Waals surface area (Å²) in [5.74, 6) is -0.124. The molecule has 112 valence electrons. The number of hydrogen-bond acceptors (Lipinski definition) is 4. The molecule has 0 saturated carbocycles. The lowest BCUT2D eigenvalue weighted by molar-refractivity contribution is -0.152. The fourth-order valence-corrected chi connectivity index (χ4v) is 2.07. The van der Waals surface area contributed by atoms with Crippen molar-refractivity contribution in [2.75, 3.05) is 19.8 Å². The number of carbonyl (C=O) groups excluding carboxylic acids is 1. The zero-order valence-electron chi connectivity index (χ0n) is 12.5. The Morgan fingerprint density at radius 1 is 1.26 bits per heavy atom. The van der Waals surface area contributed by atoms with Crippen LogP contribution in [0.2, 0.25) is 0 Å². The molecule has 0 aromatic heterocycles. The van der Waals surface area contributed by atoms with Gasteiger partial charge in [0.2, 0.25) is 0 Å². The van der Waals surface area contributed by atoms with E-state index in [9.17, 15) is 4.79 Å². The summed E-state index contributed by atoms with van der Waals surface area (Å²) in [6, 6.07) is 0. The van der Waals surface area contributed by atoms with Gasteiger partial charge in [-0.2, -0.15) is 0 Å². The van der Waals surface area contributed by atoms with Crippen LogP contribution in [0.25, 0.3) is 0 Å². The molecule has 1 aliphatic rings. The van der Waals surface area contributed by atoms with Gasteiger partial charge in [-0.25, -0.2) is 0 Å². The maximum absolute atomic E-state index is 11.5. The molecule has 19 heavy (non-hydrogen) atoms. The maximum Gasteiger partial charge on any atom is 0.309 e. The smallest absolute Gasteiger partial charge is 0.309 e. The van der Waals surface area contributed by atoms with Crippen LogP contribution in [0.3, 0.4) is 0 Å². The SMILES string of the molecule is CCCCOCC(OCCCC)C1CC(C)C(=O)O1. The minimum Gasteiger partial charge on any atom is -0.459 e. The van der Waals surface area contributed by atoms with Gasteiger partial charge in [-0.1, -0.05) is 33.6 Å². The first-order valence-corrected chi connectivity index (χ1v) is 7.58. The second-order valence-corrected chi connectivity index (χ2v) is 5.30. The third-order valence-corrected chi connectivity index (χ3v) is 3.42. The number of rotatable bonds is 10. The minimum atomic E-state index is -0.138. The molecule has 1 heterocycles. The first-order valence-electron chi connectivity index (χ1n) is 7.58. The lowest BCUT2D eigenvalue weighted by atomic mass is 10.0. The largest absolute Gasteiger partial charge is 0.459 e. The molecular formula is C15H28O4. The molecule has 4 nitrogen and oxygen atoms in total. The highest BCUT2D eigenvalue weighted by atomic mass is 16.6. The van der Waals surface area contributed by atoms with E-state index < -0.39 is 0 Å². The summed E-state index contributed by atoms with van der Waals surface area (Å²) in [5.41, 5.74) is 0. The fraction of sp³-hybridized carbons (Fsp3) is 0.933. The van der Waals surface area contributed by atoms with Crippen LogP contribution in [0.15, 0.2) is 0 Å². The normalized spacial score (nSPS) is 24.5. The molecule has 0 aromatic carbocycles. The molecule has 0 aromatic rings. The highest BCUT2D eigenvalue weighted by Gasteiger charge is 2.36. The molecular weight excluding hydrogens is 244 g/mol. The molecule has 1 aliphatic heterocycles. The van der Waals surface area contributed by atoms with E-state index in [2.05, 4.69) is 13.8 Å². The Balaban J connectivity index is 2.37. The van der Waals surface area contributed by atoms with Gasteiger partial charge in [0.05, 0.1) is 12.5 Å². The fourth-order valence-electron chi connectivity index (χ4n) is 2.07. The van der Waals surface area contributed by atoms with E-state index in [1.54, 1.807) is 0 Å². The number of unbranched alkanes of at least 4 members (excludes halogenated alkanes) is 2. The highest BCUT2D eigenvalue weighted by molar-refractivity contribution is 5.74. The molecule has 1 rings (SSSR count). The van der Waals surface area contributed by atoms with Crippen molar-refractivity contribution in [3.05, 3.63) is 0 Å². The van der Waals surface area contributed by atoms with Crippen LogP contribution in [0.1, 0.15) is 52.9 Å². The number of carbonyl (C=O) groups is 1. The van der Waals surface area contributed by atoms with Crippen molar-refractivity contribution in [3.63, 3.8) is 0 Å². The van der Waals surface area contributed by atoms with Crippen molar-refractivity contribution in [3.8, 4) is 0 Å². The quantitative estimate of drug-likeness (QED) is 0.453. The van der Waals surface area contributed by atoms with Crippen molar-refractivity contribution in [2.45, 2.75) is 65.1 Å². The second kappa shape index (κ2) is 9.32. The van der Waals surface area contributed by atoms with Crippen LogP contribution < -0.4 is 0 Å². The predicted molar refractivity (Wildman–Crippen MR) is 74.0 cm³/mol. The molecule has 0 spiro atoms. The molecule has 4 heteroatoms. The Kier molecular flexibility index (Phi) is 8.07. The van der Waals surface area contributed by atoms with E-state index in [-0.39, 0.29) is 24.1 Å². The molecule has 0 bridgehead atoms. The first kappa shape index (κ1) is 16.4. The second-order valence-electron chi connectivity index (χ2n) is 5.30. The third kappa shape index (κ3) is 5.91. The topological polar surface area (TPSA) is 44.8 Å². The zero-order valence-corrected chi connectivity index (χ0v) is 12.5. The van der Waals surface area contributed by atoms with Crippen LogP contribution in [-0.4, -0.2) is 38.0 Å². The maximum atomic E-state index is 11.5. The monoisotopic (exact) mass is 272 g/mol. The summed E-state index contributed by atoms with van der Waals surface area (Å²) in [5, 5.41) is 0. The predicted octanol–water partition coefficient (Wildman–Crippen LogP) is 2.94. The van der Waals surface area contributed by atoms with Gasteiger partial charge < -0.3 is 14.2 Å². The Labute approximate surface area is 116 Å². The average molecular weight is 272 g/mol. The van der Waals surface area contributed by atoms with Gasteiger partial charge in [0.25, 0.3) is 0 Å². The van der Waals surface area contributed by atoms with Gasteiger partial charge in [-0.15, -0.1) is 0 Å². The van der Waals surface area contributed by atoms with E-state index in [1.165, 1.54) is 0 Å². The van der Waals surface area contributed by atoms with Crippen molar-refractivity contribution in [1.82, 2.24) is 0 Å². The van der Waals surface area contributed by atoms with Crippen LogP contribution in [-0.2, 0) is 19.0 Å². The van der Waals surface area contributed by atoms with E-state index in [1.807, 2.05) is 6.92 Å². The summed E-state index contributed by atoms with van der Waals surface area (Å²) in [6.07, 6.45) is 4.80. The third-order valence-electron chi connectivity index (χ3n) is 3.42. The molecule has 0 N–H and O–H groups in total. The summed E-state index contributed by atoms with van der Waals surface area (Å²) in [4.78, 5) is 11.5. The number of esters is 1. The molecule has 0 aliphatic carbocycles. The van der Waals surface area contributed by atoms with E-state index >= 15 is 0 Å². The van der Waals surface area contributed by atoms with Gasteiger partial charge in [-0.05, 0) is 12.8 Å². The number of hydrogen-bond donors (Lipinski definition) is 0. The lowest BCUT2D eigenvalue weighted by Crippen LogP contribution is -2.34. The number of ether oxygens (including phenoxy) is 3. The van der Waals surface area contributed by atoms with Gasteiger partial charge >= 0.3 is 5.97 Å². The van der Waals surface area contributed by atoms with Gasteiger partial charge in [0.1, 0.15) is 12.2 Å². The van der Waals surface area contributed by atoms with Crippen LogP contribution in [0, 0.1) is 5.92 Å². The van der Waals surface area contributed by atoms with Crippen molar-refractivity contribution in [2.24, 2.45) is 5.92 Å². The van der Waals surface area contributed by atoms with Crippen molar-refractivity contribution >= 4 is 5.97 Å². The lowest BCUT2D eigenvalue weighted by Gasteiger charge is -2.23. The van der Waals surface area contributed by atoms with Crippen LogP contribution in [0.4, 0.5) is 0 Å². The molecule has 1 fully saturated rings. The van der Waals surface area contributed by atoms with Crippen molar-refractivity contribution < 1.29 is 19.0 Å². The molecule has 3 unspecified atom stereocenters. The van der Waals surface area contributed by atoms with E-state index in [0.717, 1.165) is 38.7 Å². The van der Waals surface area contributed by atoms with Gasteiger partial charge in [0, 0.05) is 19.6 Å².